The summed E-state index contributed by atoms with van der Waals surface area (Å²) in [5.41, 5.74) is 1.43. The number of carbonyl (C=O) groups excluding carboxylic acids is 1. The molecule has 1 amide bonds. The minimum absolute atomic E-state index is 0.0988. The number of likely N-dealkylation sites (tertiary alicyclic amines) is 1. The number of para-hydroxylation sites is 1. The van der Waals surface area contributed by atoms with Crippen LogP contribution in [0.15, 0.2) is 28.8 Å². The molecule has 1 N–H and O–H groups in total. The molecule has 0 spiro atoms. The number of fused-ring (bicyclic) bond motifs is 1. The van der Waals surface area contributed by atoms with E-state index in [1.165, 1.54) is 0 Å². The van der Waals surface area contributed by atoms with Crippen LogP contribution >= 0.6 is 0 Å². The van der Waals surface area contributed by atoms with Gasteiger partial charge < -0.3 is 9.42 Å². The molecule has 0 saturated carbocycles. The van der Waals surface area contributed by atoms with Gasteiger partial charge in [-0.05, 0) is 25.0 Å². The van der Waals surface area contributed by atoms with E-state index in [1.54, 1.807) is 0 Å². The molecule has 0 bridgehead atoms. The van der Waals surface area contributed by atoms with Crippen LogP contribution in [0.5, 0.6) is 0 Å². The molecule has 1 fully saturated rings. The Morgan fingerprint density at radius 3 is 2.88 bits per heavy atom. The number of hydrogen-bond donors (Lipinski definition) is 1. The minimum atomic E-state index is 0.0988. The van der Waals surface area contributed by atoms with E-state index in [0.717, 1.165) is 55.0 Å². The monoisotopic (exact) mass is 339 g/mol. The highest BCUT2D eigenvalue weighted by molar-refractivity contribution is 5.86. The number of H-pyrrole nitrogens is 1. The molecule has 3 heterocycles. The average molecular weight is 339 g/mol. The van der Waals surface area contributed by atoms with Crippen LogP contribution in [-0.4, -0.2) is 44.2 Å². The zero-order valence-corrected chi connectivity index (χ0v) is 14.2. The van der Waals surface area contributed by atoms with E-state index >= 15 is 0 Å². The van der Waals surface area contributed by atoms with Gasteiger partial charge in [0.05, 0.1) is 6.42 Å². The number of hydrogen-bond acceptors (Lipinski definition) is 5. The molecule has 0 radical (unpaired) electrons. The van der Waals surface area contributed by atoms with E-state index in [2.05, 4.69) is 27.3 Å². The fourth-order valence-electron chi connectivity index (χ4n) is 3.36. The number of aromatic amines is 1. The summed E-state index contributed by atoms with van der Waals surface area (Å²) in [5, 5.41) is 12.3. The van der Waals surface area contributed by atoms with Crippen molar-refractivity contribution >= 4 is 16.9 Å². The Morgan fingerprint density at radius 1 is 1.32 bits per heavy atom. The van der Waals surface area contributed by atoms with Crippen LogP contribution in [0.25, 0.3) is 11.0 Å². The molecule has 0 unspecified atom stereocenters. The lowest BCUT2D eigenvalue weighted by Gasteiger charge is -2.30. The zero-order valence-electron chi connectivity index (χ0n) is 14.2. The first kappa shape index (κ1) is 15.8. The van der Waals surface area contributed by atoms with Gasteiger partial charge in [-0.25, -0.2) is 4.98 Å². The molecular weight excluding hydrogens is 318 g/mol. The molecule has 3 aromatic rings. The fraction of sp³-hybridized carbons (Fsp3) is 0.444. The van der Waals surface area contributed by atoms with Crippen molar-refractivity contribution in [2.75, 3.05) is 13.1 Å². The predicted octanol–water partition coefficient (Wildman–Crippen LogP) is 2.46. The molecule has 1 aliphatic rings. The number of amides is 1. The third-order valence-electron chi connectivity index (χ3n) is 4.87. The first-order valence-corrected chi connectivity index (χ1v) is 8.77. The summed E-state index contributed by atoms with van der Waals surface area (Å²) in [6.07, 6.45) is 2.93. The third kappa shape index (κ3) is 3.14. The Morgan fingerprint density at radius 2 is 2.12 bits per heavy atom. The second-order valence-electron chi connectivity index (χ2n) is 6.45. The van der Waals surface area contributed by atoms with Gasteiger partial charge in [0.25, 0.3) is 0 Å². The highest BCUT2D eigenvalue weighted by Crippen LogP contribution is 2.26. The summed E-state index contributed by atoms with van der Waals surface area (Å²) >= 11 is 0. The van der Waals surface area contributed by atoms with Gasteiger partial charge in [-0.3, -0.25) is 9.89 Å². The largest absolute Gasteiger partial charge is 0.356 e. The molecule has 1 aliphatic heterocycles. The summed E-state index contributed by atoms with van der Waals surface area (Å²) in [6.45, 7) is 3.52. The van der Waals surface area contributed by atoms with Crippen molar-refractivity contribution in [1.82, 2.24) is 25.2 Å². The standard InChI is InChI=1S/C18H21N5O2/c1-2-16-19-18(21-20-16)12-7-9-23(10-8-12)17(24)11-14-13-5-3-4-6-15(13)25-22-14/h3-6,12H,2,7-11H2,1H3,(H,19,20,21). The quantitative estimate of drug-likeness (QED) is 0.789. The third-order valence-corrected chi connectivity index (χ3v) is 4.87. The number of aryl methyl sites for hydroxylation is 1. The summed E-state index contributed by atoms with van der Waals surface area (Å²) in [6, 6.07) is 7.63. The van der Waals surface area contributed by atoms with Crippen molar-refractivity contribution < 1.29 is 9.32 Å². The molecule has 130 valence electrons. The van der Waals surface area contributed by atoms with Crippen LogP contribution in [0.2, 0.25) is 0 Å². The number of carbonyl (C=O) groups is 1. The van der Waals surface area contributed by atoms with Crippen molar-refractivity contribution in [3.63, 3.8) is 0 Å². The van der Waals surface area contributed by atoms with Gasteiger partial charge in [0.2, 0.25) is 5.91 Å². The second kappa shape index (κ2) is 6.66. The van der Waals surface area contributed by atoms with Crippen molar-refractivity contribution in [1.29, 1.82) is 0 Å². The maximum absolute atomic E-state index is 12.6. The maximum Gasteiger partial charge on any atom is 0.228 e. The fourth-order valence-corrected chi connectivity index (χ4v) is 3.36. The molecule has 1 aromatic carbocycles. The molecule has 7 nitrogen and oxygen atoms in total. The first-order valence-electron chi connectivity index (χ1n) is 8.77. The Hall–Kier alpha value is -2.70. The molecular formula is C18H21N5O2. The number of nitrogens with one attached hydrogen (secondary N) is 1. The minimum Gasteiger partial charge on any atom is -0.356 e. The SMILES string of the molecule is CCc1nc(C2CCN(C(=O)Cc3noc4ccccc34)CC2)n[nH]1. The van der Waals surface area contributed by atoms with Gasteiger partial charge in [-0.2, -0.15) is 5.10 Å². The summed E-state index contributed by atoms with van der Waals surface area (Å²) < 4.78 is 5.28. The number of nitrogens with zero attached hydrogens (tertiary/aromatic N) is 4. The van der Waals surface area contributed by atoms with Gasteiger partial charge in [0, 0.05) is 30.8 Å². The van der Waals surface area contributed by atoms with E-state index < -0.39 is 0 Å². The highest BCUT2D eigenvalue weighted by atomic mass is 16.5. The van der Waals surface area contributed by atoms with Crippen LogP contribution in [0.3, 0.4) is 0 Å². The lowest BCUT2D eigenvalue weighted by atomic mass is 9.96. The van der Waals surface area contributed by atoms with Gasteiger partial charge in [0.1, 0.15) is 11.5 Å². The Labute approximate surface area is 145 Å². The van der Waals surface area contributed by atoms with Gasteiger partial charge in [-0.15, -0.1) is 0 Å². The summed E-state index contributed by atoms with van der Waals surface area (Å²) in [5.74, 6) is 2.23. The molecule has 1 saturated heterocycles. The molecule has 4 rings (SSSR count). The van der Waals surface area contributed by atoms with E-state index in [4.69, 9.17) is 4.52 Å². The summed E-state index contributed by atoms with van der Waals surface area (Å²) in [4.78, 5) is 19.0. The topological polar surface area (TPSA) is 87.9 Å². The van der Waals surface area contributed by atoms with Crippen LogP contribution in [0.1, 0.15) is 43.0 Å². The molecule has 2 aromatic heterocycles. The lowest BCUT2D eigenvalue weighted by molar-refractivity contribution is -0.131. The highest BCUT2D eigenvalue weighted by Gasteiger charge is 2.27. The summed E-state index contributed by atoms with van der Waals surface area (Å²) in [7, 11) is 0. The normalized spacial score (nSPS) is 15.8. The molecule has 0 aliphatic carbocycles. The van der Waals surface area contributed by atoms with Gasteiger partial charge in [-0.1, -0.05) is 24.2 Å². The number of benzene rings is 1. The van der Waals surface area contributed by atoms with Crippen LogP contribution in [0.4, 0.5) is 0 Å². The number of aromatic nitrogens is 4. The van der Waals surface area contributed by atoms with Gasteiger partial charge >= 0.3 is 0 Å². The lowest BCUT2D eigenvalue weighted by Crippen LogP contribution is -2.39. The second-order valence-corrected chi connectivity index (χ2v) is 6.45. The van der Waals surface area contributed by atoms with E-state index in [-0.39, 0.29) is 12.3 Å². The van der Waals surface area contributed by atoms with Gasteiger partial charge in [0.15, 0.2) is 11.4 Å². The first-order chi connectivity index (χ1) is 12.2. The van der Waals surface area contributed by atoms with E-state index in [9.17, 15) is 4.79 Å². The van der Waals surface area contributed by atoms with Crippen LogP contribution < -0.4 is 0 Å². The van der Waals surface area contributed by atoms with E-state index in [1.807, 2.05) is 29.2 Å². The Bertz CT molecular complexity index is 876. The van der Waals surface area contributed by atoms with Crippen molar-refractivity contribution in [3.8, 4) is 0 Å². The number of piperidine rings is 1. The van der Waals surface area contributed by atoms with Crippen LogP contribution in [0, 0.1) is 0 Å². The average Bonchev–Trinajstić information content (AvgIpc) is 3.29. The van der Waals surface area contributed by atoms with E-state index in [0.29, 0.717) is 11.6 Å². The Balaban J connectivity index is 1.38. The molecule has 7 heteroatoms. The molecule has 25 heavy (non-hydrogen) atoms. The number of rotatable bonds is 4. The van der Waals surface area contributed by atoms with Crippen LogP contribution in [-0.2, 0) is 17.6 Å². The maximum atomic E-state index is 12.6. The van der Waals surface area contributed by atoms with Crippen molar-refractivity contribution in [2.24, 2.45) is 0 Å². The predicted molar refractivity (Wildman–Crippen MR) is 92.0 cm³/mol. The zero-order chi connectivity index (χ0) is 17.2. The van der Waals surface area contributed by atoms with Crippen molar-refractivity contribution in [3.05, 3.63) is 41.6 Å². The molecule has 0 atom stereocenters. The Kier molecular flexibility index (Phi) is 4.21. The van der Waals surface area contributed by atoms with Crippen molar-refractivity contribution in [2.45, 2.75) is 38.5 Å². The smallest absolute Gasteiger partial charge is 0.228 e.